The predicted octanol–water partition coefficient (Wildman–Crippen LogP) is 1.71. The minimum atomic E-state index is 0.731. The van der Waals surface area contributed by atoms with Crippen molar-refractivity contribution in [1.29, 1.82) is 5.26 Å². The maximum atomic E-state index is 8.79. The number of nitrogens with zero attached hydrogens (tertiary/aromatic N) is 3. The molecular weight excluding hydrogens is 250 g/mol. The first-order valence-electron chi connectivity index (χ1n) is 7.33. The second-order valence-electron chi connectivity index (χ2n) is 5.12. The maximum absolute atomic E-state index is 8.79. The Morgan fingerprint density at radius 3 is 2.35 bits per heavy atom. The molecule has 20 heavy (non-hydrogen) atoms. The van der Waals surface area contributed by atoms with Gasteiger partial charge in [0.15, 0.2) is 0 Å². The summed E-state index contributed by atoms with van der Waals surface area (Å²) in [6.07, 6.45) is 0. The quantitative estimate of drug-likeness (QED) is 0.740. The highest BCUT2D eigenvalue weighted by atomic mass is 16.5. The molecule has 1 aromatic carbocycles. The van der Waals surface area contributed by atoms with Gasteiger partial charge in [0.1, 0.15) is 0 Å². The molecule has 0 aromatic heterocycles. The van der Waals surface area contributed by atoms with Crippen molar-refractivity contribution in [3.63, 3.8) is 0 Å². The Kier molecular flexibility index (Phi) is 6.00. The number of piperazine rings is 1. The Labute approximate surface area is 121 Å². The molecule has 1 aromatic rings. The highest BCUT2D eigenvalue weighted by Gasteiger charge is 2.16. The minimum absolute atomic E-state index is 0.731. The van der Waals surface area contributed by atoms with E-state index in [4.69, 9.17) is 10.00 Å². The van der Waals surface area contributed by atoms with Crippen LogP contribution < -0.4 is 0 Å². The first kappa shape index (κ1) is 15.0. The van der Waals surface area contributed by atoms with Gasteiger partial charge in [-0.2, -0.15) is 5.26 Å². The predicted molar refractivity (Wildman–Crippen MR) is 79.4 cm³/mol. The van der Waals surface area contributed by atoms with E-state index in [1.165, 1.54) is 5.56 Å². The molecule has 0 bridgehead atoms. The number of hydrogen-bond acceptors (Lipinski definition) is 4. The van der Waals surface area contributed by atoms with Crippen LogP contribution in [-0.2, 0) is 11.3 Å². The molecule has 1 heterocycles. The summed E-state index contributed by atoms with van der Waals surface area (Å²) in [6.45, 7) is 10.1. The monoisotopic (exact) mass is 273 g/mol. The van der Waals surface area contributed by atoms with Gasteiger partial charge in [-0.3, -0.25) is 9.80 Å². The summed E-state index contributed by atoms with van der Waals surface area (Å²) in [4.78, 5) is 4.93. The lowest BCUT2D eigenvalue weighted by atomic mass is 10.1. The molecule has 0 aliphatic carbocycles. The molecule has 4 heteroatoms. The first-order chi connectivity index (χ1) is 9.81. The SMILES string of the molecule is CCOCCN1CCN(Cc2ccc(C#N)cc2)CC1. The van der Waals surface area contributed by atoms with Crippen molar-refractivity contribution in [3.8, 4) is 6.07 Å². The van der Waals surface area contributed by atoms with Crippen LogP contribution in [0.4, 0.5) is 0 Å². The van der Waals surface area contributed by atoms with Gasteiger partial charge in [0.05, 0.1) is 18.2 Å². The largest absolute Gasteiger partial charge is 0.380 e. The van der Waals surface area contributed by atoms with Gasteiger partial charge in [0.2, 0.25) is 0 Å². The highest BCUT2D eigenvalue weighted by Crippen LogP contribution is 2.09. The lowest BCUT2D eigenvalue weighted by Crippen LogP contribution is -2.46. The number of nitriles is 1. The average molecular weight is 273 g/mol. The zero-order valence-electron chi connectivity index (χ0n) is 12.2. The molecule has 1 saturated heterocycles. The van der Waals surface area contributed by atoms with E-state index in [0.717, 1.165) is 58.0 Å². The Bertz CT molecular complexity index is 430. The van der Waals surface area contributed by atoms with Crippen LogP contribution in [0, 0.1) is 11.3 Å². The van der Waals surface area contributed by atoms with Gasteiger partial charge in [-0.25, -0.2) is 0 Å². The fourth-order valence-corrected chi connectivity index (χ4v) is 2.45. The van der Waals surface area contributed by atoms with E-state index in [9.17, 15) is 0 Å². The van der Waals surface area contributed by atoms with Crippen LogP contribution in [0.5, 0.6) is 0 Å². The van der Waals surface area contributed by atoms with E-state index in [1.54, 1.807) is 0 Å². The summed E-state index contributed by atoms with van der Waals surface area (Å²) in [7, 11) is 0. The number of rotatable bonds is 6. The van der Waals surface area contributed by atoms with Crippen LogP contribution in [0.25, 0.3) is 0 Å². The van der Waals surface area contributed by atoms with E-state index in [1.807, 2.05) is 19.1 Å². The Morgan fingerprint density at radius 1 is 1.10 bits per heavy atom. The summed E-state index contributed by atoms with van der Waals surface area (Å²) in [5, 5.41) is 8.79. The van der Waals surface area contributed by atoms with Crippen molar-refractivity contribution < 1.29 is 4.74 Å². The summed E-state index contributed by atoms with van der Waals surface area (Å²) in [5.41, 5.74) is 2.02. The lowest BCUT2D eigenvalue weighted by molar-refractivity contribution is 0.0786. The molecule has 4 nitrogen and oxygen atoms in total. The van der Waals surface area contributed by atoms with Crippen molar-refractivity contribution in [2.75, 3.05) is 45.9 Å². The van der Waals surface area contributed by atoms with Gasteiger partial charge in [-0.1, -0.05) is 12.1 Å². The third-order valence-corrected chi connectivity index (χ3v) is 3.71. The van der Waals surface area contributed by atoms with Gasteiger partial charge in [-0.05, 0) is 24.6 Å². The van der Waals surface area contributed by atoms with E-state index in [0.29, 0.717) is 0 Å². The topological polar surface area (TPSA) is 39.5 Å². The summed E-state index contributed by atoms with van der Waals surface area (Å²) < 4.78 is 5.40. The Hall–Kier alpha value is -1.41. The van der Waals surface area contributed by atoms with Gasteiger partial charge in [0, 0.05) is 45.9 Å². The molecule has 1 fully saturated rings. The van der Waals surface area contributed by atoms with Gasteiger partial charge in [0.25, 0.3) is 0 Å². The van der Waals surface area contributed by atoms with Crippen LogP contribution in [0.2, 0.25) is 0 Å². The smallest absolute Gasteiger partial charge is 0.0991 e. The molecule has 0 amide bonds. The van der Waals surface area contributed by atoms with Gasteiger partial charge in [-0.15, -0.1) is 0 Å². The van der Waals surface area contributed by atoms with Crippen molar-refractivity contribution in [3.05, 3.63) is 35.4 Å². The minimum Gasteiger partial charge on any atom is -0.380 e. The zero-order valence-corrected chi connectivity index (χ0v) is 12.2. The van der Waals surface area contributed by atoms with Crippen molar-refractivity contribution in [2.24, 2.45) is 0 Å². The normalized spacial score (nSPS) is 17.0. The van der Waals surface area contributed by atoms with Crippen LogP contribution in [-0.4, -0.2) is 55.7 Å². The third kappa shape index (κ3) is 4.61. The molecule has 2 rings (SSSR count). The standard InChI is InChI=1S/C16H23N3O/c1-2-20-12-11-18-7-9-19(10-8-18)14-16-5-3-15(13-17)4-6-16/h3-6H,2,7-12,14H2,1H3. The molecule has 0 N–H and O–H groups in total. The molecule has 0 spiro atoms. The second kappa shape index (κ2) is 8.01. The van der Waals surface area contributed by atoms with Crippen molar-refractivity contribution in [1.82, 2.24) is 9.80 Å². The molecule has 1 aliphatic heterocycles. The Morgan fingerprint density at radius 2 is 1.75 bits per heavy atom. The van der Waals surface area contributed by atoms with E-state index >= 15 is 0 Å². The van der Waals surface area contributed by atoms with Crippen LogP contribution >= 0.6 is 0 Å². The maximum Gasteiger partial charge on any atom is 0.0991 e. The molecule has 0 saturated carbocycles. The van der Waals surface area contributed by atoms with Gasteiger partial charge < -0.3 is 4.74 Å². The van der Waals surface area contributed by atoms with Crippen LogP contribution in [0.1, 0.15) is 18.1 Å². The average Bonchev–Trinajstić information content (AvgIpc) is 2.50. The molecule has 0 radical (unpaired) electrons. The lowest BCUT2D eigenvalue weighted by Gasteiger charge is -2.34. The summed E-state index contributed by atoms with van der Waals surface area (Å²) >= 11 is 0. The highest BCUT2D eigenvalue weighted by molar-refractivity contribution is 5.31. The van der Waals surface area contributed by atoms with Crippen LogP contribution in [0.15, 0.2) is 24.3 Å². The second-order valence-corrected chi connectivity index (χ2v) is 5.12. The van der Waals surface area contributed by atoms with Gasteiger partial charge >= 0.3 is 0 Å². The molecule has 108 valence electrons. The van der Waals surface area contributed by atoms with Crippen molar-refractivity contribution in [2.45, 2.75) is 13.5 Å². The number of ether oxygens (including phenoxy) is 1. The molecule has 1 aliphatic rings. The number of benzene rings is 1. The third-order valence-electron chi connectivity index (χ3n) is 3.71. The fourth-order valence-electron chi connectivity index (χ4n) is 2.45. The fraction of sp³-hybridized carbons (Fsp3) is 0.562. The number of hydrogen-bond donors (Lipinski definition) is 0. The molecule has 0 unspecified atom stereocenters. The summed E-state index contributed by atoms with van der Waals surface area (Å²) in [6, 6.07) is 10.1. The van der Waals surface area contributed by atoms with Crippen LogP contribution in [0.3, 0.4) is 0 Å². The van der Waals surface area contributed by atoms with Crippen molar-refractivity contribution >= 4 is 0 Å². The molecular formula is C16H23N3O. The summed E-state index contributed by atoms with van der Waals surface area (Å²) in [5.74, 6) is 0. The first-order valence-corrected chi connectivity index (χ1v) is 7.33. The molecule has 0 atom stereocenters. The van der Waals surface area contributed by atoms with E-state index < -0.39 is 0 Å². The van der Waals surface area contributed by atoms with E-state index in [-0.39, 0.29) is 0 Å². The van der Waals surface area contributed by atoms with E-state index in [2.05, 4.69) is 28.0 Å². The Balaban J connectivity index is 1.72. The zero-order chi connectivity index (χ0) is 14.2.